The normalized spacial score (nSPS) is 18.8. The molecule has 0 radical (unpaired) electrons. The van der Waals surface area contributed by atoms with Crippen LogP contribution in [0.2, 0.25) is 0 Å². The lowest BCUT2D eigenvalue weighted by molar-refractivity contribution is -0.143. The summed E-state index contributed by atoms with van der Waals surface area (Å²) in [4.78, 5) is 27.6. The number of carbonyl (C=O) groups excluding carboxylic acids is 2. The Labute approximate surface area is 183 Å². The molecule has 14 heteroatoms. The zero-order valence-corrected chi connectivity index (χ0v) is 17.0. The second-order valence-electron chi connectivity index (χ2n) is 7.43. The number of nitrogens with zero attached hydrogens (tertiary/aromatic N) is 3. The van der Waals surface area contributed by atoms with E-state index in [1.807, 2.05) is 0 Å². The SMILES string of the molecule is C[C@H](Nc1ccc2c(c1)OCCn1c-2nc(N2C(=O)OC[C@H]2C(F)F)c1C(F)(F)F)C(N)=O. The number of carbonyl (C=O) groups is 2. The van der Waals surface area contributed by atoms with Gasteiger partial charge in [-0.05, 0) is 19.1 Å². The standard InChI is InChI=1S/C19H18F5N5O4/c1-8(15(25)30)26-9-2-3-10-12(6-9)32-5-4-28-13(19(22,23)24)17(27-16(10)28)29-11(14(20)21)7-33-18(29)31/h2-3,6,8,11,14,26H,4-5,7H2,1H3,(H2,25,30)/t8-,11-/m0/s1. The fraction of sp³-hybridized carbons (Fsp3) is 0.421. The van der Waals surface area contributed by atoms with E-state index < -0.39 is 54.8 Å². The van der Waals surface area contributed by atoms with E-state index in [0.717, 1.165) is 4.57 Å². The molecule has 2 amide bonds. The Bertz CT molecular complexity index is 1100. The van der Waals surface area contributed by atoms with Crippen LogP contribution in [0, 0.1) is 0 Å². The highest BCUT2D eigenvalue weighted by Gasteiger charge is 2.49. The highest BCUT2D eigenvalue weighted by molar-refractivity contribution is 5.91. The summed E-state index contributed by atoms with van der Waals surface area (Å²) in [7, 11) is 0. The van der Waals surface area contributed by atoms with E-state index in [2.05, 4.69) is 15.0 Å². The molecular formula is C19H18F5N5O4. The molecule has 2 atom stereocenters. The molecule has 0 unspecified atom stereocenters. The molecule has 3 heterocycles. The van der Waals surface area contributed by atoms with Gasteiger partial charge in [-0.2, -0.15) is 13.2 Å². The lowest BCUT2D eigenvalue weighted by atomic mass is 10.1. The maximum absolute atomic E-state index is 14.0. The number of halogens is 5. The monoisotopic (exact) mass is 475 g/mol. The maximum atomic E-state index is 14.0. The Balaban J connectivity index is 1.85. The van der Waals surface area contributed by atoms with Crippen LogP contribution >= 0.6 is 0 Å². The lowest BCUT2D eigenvalue weighted by Gasteiger charge is -2.21. The molecule has 4 rings (SSSR count). The number of primary amides is 1. The summed E-state index contributed by atoms with van der Waals surface area (Å²) in [6, 6.07) is 1.71. The number of benzene rings is 1. The van der Waals surface area contributed by atoms with Crippen LogP contribution in [0.5, 0.6) is 5.75 Å². The van der Waals surface area contributed by atoms with E-state index >= 15 is 0 Å². The Morgan fingerprint density at radius 3 is 2.67 bits per heavy atom. The minimum absolute atomic E-state index is 0.141. The molecule has 1 aromatic heterocycles. The van der Waals surface area contributed by atoms with Crippen molar-refractivity contribution in [3.05, 3.63) is 23.9 Å². The summed E-state index contributed by atoms with van der Waals surface area (Å²) in [5.41, 5.74) is 4.42. The van der Waals surface area contributed by atoms with Gasteiger partial charge in [0, 0.05) is 11.8 Å². The number of nitrogens with one attached hydrogen (secondary N) is 1. The topological polar surface area (TPSA) is 112 Å². The number of imidazole rings is 1. The molecule has 178 valence electrons. The van der Waals surface area contributed by atoms with Gasteiger partial charge in [0.05, 0.1) is 12.1 Å². The van der Waals surface area contributed by atoms with Gasteiger partial charge < -0.3 is 25.1 Å². The first-order valence-corrected chi connectivity index (χ1v) is 9.74. The van der Waals surface area contributed by atoms with Gasteiger partial charge in [0.2, 0.25) is 5.91 Å². The number of ether oxygens (including phenoxy) is 2. The van der Waals surface area contributed by atoms with Crippen molar-refractivity contribution in [2.24, 2.45) is 5.73 Å². The summed E-state index contributed by atoms with van der Waals surface area (Å²) in [6.45, 7) is 0.256. The lowest BCUT2D eigenvalue weighted by Crippen LogP contribution is -2.40. The van der Waals surface area contributed by atoms with Crippen LogP contribution in [0.25, 0.3) is 11.4 Å². The third-order valence-corrected chi connectivity index (χ3v) is 5.25. The van der Waals surface area contributed by atoms with Gasteiger partial charge in [0.1, 0.15) is 36.9 Å². The quantitative estimate of drug-likeness (QED) is 0.644. The number of cyclic esters (lactones) is 1. The van der Waals surface area contributed by atoms with Crippen molar-refractivity contribution in [2.45, 2.75) is 38.2 Å². The molecule has 2 aromatic rings. The van der Waals surface area contributed by atoms with Crippen LogP contribution < -0.4 is 20.7 Å². The first-order valence-electron chi connectivity index (χ1n) is 9.74. The molecule has 0 spiro atoms. The average molecular weight is 475 g/mol. The number of rotatable bonds is 5. The number of alkyl halides is 5. The second kappa shape index (κ2) is 8.08. The van der Waals surface area contributed by atoms with Crippen LogP contribution in [-0.2, 0) is 22.3 Å². The Morgan fingerprint density at radius 2 is 2.03 bits per heavy atom. The number of hydrogen-bond donors (Lipinski definition) is 2. The van der Waals surface area contributed by atoms with Crippen LogP contribution in [0.1, 0.15) is 12.6 Å². The van der Waals surface area contributed by atoms with Crippen molar-refractivity contribution in [3.8, 4) is 17.1 Å². The largest absolute Gasteiger partial charge is 0.491 e. The second-order valence-corrected chi connectivity index (χ2v) is 7.43. The van der Waals surface area contributed by atoms with Gasteiger partial charge in [-0.3, -0.25) is 4.79 Å². The maximum Gasteiger partial charge on any atom is 0.435 e. The summed E-state index contributed by atoms with van der Waals surface area (Å²) in [5.74, 6) is -1.64. The van der Waals surface area contributed by atoms with Crippen LogP contribution in [0.4, 0.5) is 38.3 Å². The minimum Gasteiger partial charge on any atom is -0.491 e. The van der Waals surface area contributed by atoms with Gasteiger partial charge in [0.15, 0.2) is 11.5 Å². The molecule has 1 aromatic carbocycles. The van der Waals surface area contributed by atoms with Crippen molar-refractivity contribution < 1.29 is 41.0 Å². The molecule has 1 saturated heterocycles. The molecule has 0 saturated carbocycles. The molecule has 2 aliphatic heterocycles. The molecule has 3 N–H and O–H groups in total. The van der Waals surface area contributed by atoms with E-state index in [4.69, 9.17) is 10.5 Å². The summed E-state index contributed by atoms with van der Waals surface area (Å²) >= 11 is 0. The zero-order valence-electron chi connectivity index (χ0n) is 17.0. The van der Waals surface area contributed by atoms with Gasteiger partial charge in [0.25, 0.3) is 6.43 Å². The average Bonchev–Trinajstić information content (AvgIpc) is 3.23. The first kappa shape index (κ1) is 22.6. The smallest absolute Gasteiger partial charge is 0.435 e. The number of aromatic nitrogens is 2. The highest BCUT2D eigenvalue weighted by atomic mass is 19.4. The van der Waals surface area contributed by atoms with Crippen molar-refractivity contribution in [2.75, 3.05) is 23.4 Å². The highest BCUT2D eigenvalue weighted by Crippen LogP contribution is 2.44. The van der Waals surface area contributed by atoms with E-state index in [9.17, 15) is 31.5 Å². The van der Waals surface area contributed by atoms with Crippen molar-refractivity contribution in [3.63, 3.8) is 0 Å². The Morgan fingerprint density at radius 1 is 1.30 bits per heavy atom. The van der Waals surface area contributed by atoms with Gasteiger partial charge in [-0.25, -0.2) is 23.5 Å². The molecule has 2 aliphatic rings. The van der Waals surface area contributed by atoms with Gasteiger partial charge in [-0.1, -0.05) is 0 Å². The van der Waals surface area contributed by atoms with Crippen LogP contribution in [0.15, 0.2) is 18.2 Å². The van der Waals surface area contributed by atoms with Gasteiger partial charge >= 0.3 is 12.3 Å². The third kappa shape index (κ3) is 4.00. The molecule has 33 heavy (non-hydrogen) atoms. The van der Waals surface area contributed by atoms with Gasteiger partial charge in [-0.15, -0.1) is 0 Å². The predicted octanol–water partition coefficient (Wildman–Crippen LogP) is 2.84. The van der Waals surface area contributed by atoms with Crippen LogP contribution in [0.3, 0.4) is 0 Å². The molecule has 1 fully saturated rings. The number of amides is 2. The Kier molecular flexibility index (Phi) is 5.54. The van der Waals surface area contributed by atoms with Crippen LogP contribution in [-0.4, -0.2) is 53.3 Å². The molecular weight excluding hydrogens is 457 g/mol. The van der Waals surface area contributed by atoms with Crippen molar-refractivity contribution in [1.82, 2.24) is 9.55 Å². The number of fused-ring (bicyclic) bond motifs is 3. The fourth-order valence-corrected chi connectivity index (χ4v) is 3.66. The number of nitrogens with two attached hydrogens (primary N) is 1. The summed E-state index contributed by atoms with van der Waals surface area (Å²) in [6.07, 6.45) is -9.50. The predicted molar refractivity (Wildman–Crippen MR) is 104 cm³/mol. The van der Waals surface area contributed by atoms with Crippen molar-refractivity contribution >= 4 is 23.5 Å². The Hall–Kier alpha value is -3.58. The third-order valence-electron chi connectivity index (χ3n) is 5.25. The molecule has 0 aliphatic carbocycles. The van der Waals surface area contributed by atoms with Crippen molar-refractivity contribution in [1.29, 1.82) is 0 Å². The van der Waals surface area contributed by atoms with E-state index in [1.165, 1.54) is 25.1 Å². The van der Waals surface area contributed by atoms with E-state index in [-0.39, 0.29) is 35.2 Å². The molecule has 0 bridgehead atoms. The fourth-order valence-electron chi connectivity index (χ4n) is 3.66. The number of hydrogen-bond acceptors (Lipinski definition) is 6. The molecule has 9 nitrogen and oxygen atoms in total. The first-order chi connectivity index (χ1) is 15.5. The van der Waals surface area contributed by atoms with E-state index in [0.29, 0.717) is 5.69 Å². The summed E-state index contributed by atoms with van der Waals surface area (Å²) < 4.78 is 79.9. The summed E-state index contributed by atoms with van der Waals surface area (Å²) in [5, 5.41) is 2.83. The minimum atomic E-state index is -5.01. The van der Waals surface area contributed by atoms with E-state index in [1.54, 1.807) is 0 Å². The zero-order chi connectivity index (χ0) is 24.1. The number of anilines is 2.